The molecule has 156 valence electrons. The van der Waals surface area contributed by atoms with E-state index < -0.39 is 30.4 Å². The summed E-state index contributed by atoms with van der Waals surface area (Å²) in [6, 6.07) is 4.64. The fraction of sp³-hybridized carbons (Fsp3) is 0.476. The summed E-state index contributed by atoms with van der Waals surface area (Å²) in [5.74, 6) is -1.05. The molecule has 0 bridgehead atoms. The summed E-state index contributed by atoms with van der Waals surface area (Å²) in [5, 5.41) is 5.37. The third-order valence-corrected chi connectivity index (χ3v) is 5.21. The lowest BCUT2D eigenvalue weighted by Gasteiger charge is -2.24. The molecule has 1 aromatic rings. The van der Waals surface area contributed by atoms with Crippen molar-refractivity contribution in [3.8, 4) is 5.75 Å². The molecule has 2 aliphatic rings. The van der Waals surface area contributed by atoms with E-state index in [0.29, 0.717) is 23.7 Å². The van der Waals surface area contributed by atoms with Crippen LogP contribution in [-0.4, -0.2) is 37.7 Å². The van der Waals surface area contributed by atoms with Crippen molar-refractivity contribution in [1.82, 2.24) is 10.6 Å². The second-order valence-corrected chi connectivity index (χ2v) is 7.67. The van der Waals surface area contributed by atoms with Crippen LogP contribution in [0, 0.1) is 5.92 Å². The van der Waals surface area contributed by atoms with Gasteiger partial charge in [-0.3, -0.25) is 14.9 Å². The zero-order chi connectivity index (χ0) is 20.6. The maximum Gasteiger partial charge on any atom is 0.321 e. The second kappa shape index (κ2) is 10.3. The van der Waals surface area contributed by atoms with Crippen molar-refractivity contribution in [3.63, 3.8) is 0 Å². The Balaban J connectivity index is 1.35. The number of nitrogens with one attached hydrogen (secondary N) is 2. The number of hydrogen-bond donors (Lipinski definition) is 2. The minimum absolute atomic E-state index is 0.172. The van der Waals surface area contributed by atoms with Crippen LogP contribution in [0.5, 0.6) is 5.75 Å². The monoisotopic (exact) mass is 420 g/mol. The second-order valence-electron chi connectivity index (χ2n) is 7.23. The highest BCUT2D eigenvalue weighted by Crippen LogP contribution is 2.30. The van der Waals surface area contributed by atoms with Crippen LogP contribution in [0.3, 0.4) is 0 Å². The van der Waals surface area contributed by atoms with E-state index in [1.165, 1.54) is 18.4 Å². The summed E-state index contributed by atoms with van der Waals surface area (Å²) in [4.78, 5) is 35.8. The lowest BCUT2D eigenvalue weighted by molar-refractivity contribution is -0.153. The van der Waals surface area contributed by atoms with Gasteiger partial charge in [-0.1, -0.05) is 23.3 Å². The summed E-state index contributed by atoms with van der Waals surface area (Å²) in [7, 11) is 0. The quantitative estimate of drug-likeness (QED) is 0.544. The van der Waals surface area contributed by atoms with Gasteiger partial charge in [0.05, 0.1) is 5.92 Å². The predicted octanol–water partition coefficient (Wildman–Crippen LogP) is 3.15. The Morgan fingerprint density at radius 3 is 2.90 bits per heavy atom. The van der Waals surface area contributed by atoms with Crippen LogP contribution >= 0.6 is 11.6 Å². The molecule has 8 heteroatoms. The number of ether oxygens (including phenoxy) is 2. The van der Waals surface area contributed by atoms with Gasteiger partial charge in [-0.05, 0) is 62.3 Å². The van der Waals surface area contributed by atoms with E-state index in [-0.39, 0.29) is 6.61 Å². The number of allylic oxidation sites excluding steroid dienone is 1. The number of rotatable bonds is 6. The average molecular weight is 421 g/mol. The molecule has 7 nitrogen and oxygen atoms in total. The number of fused-ring (bicyclic) bond motifs is 1. The van der Waals surface area contributed by atoms with Crippen LogP contribution in [0.15, 0.2) is 29.8 Å². The fourth-order valence-corrected chi connectivity index (χ4v) is 3.64. The molecule has 1 aliphatic heterocycles. The van der Waals surface area contributed by atoms with E-state index in [4.69, 9.17) is 21.1 Å². The molecule has 0 saturated carbocycles. The van der Waals surface area contributed by atoms with Crippen molar-refractivity contribution < 1.29 is 23.9 Å². The van der Waals surface area contributed by atoms with Gasteiger partial charge in [0.2, 0.25) is 0 Å². The third kappa shape index (κ3) is 6.49. The van der Waals surface area contributed by atoms with Crippen LogP contribution in [0.25, 0.3) is 0 Å². The van der Waals surface area contributed by atoms with Crippen LogP contribution in [0.4, 0.5) is 4.79 Å². The van der Waals surface area contributed by atoms with E-state index in [9.17, 15) is 14.4 Å². The van der Waals surface area contributed by atoms with Crippen molar-refractivity contribution in [2.24, 2.45) is 5.92 Å². The highest BCUT2D eigenvalue weighted by atomic mass is 35.5. The molecule has 0 fully saturated rings. The Morgan fingerprint density at radius 2 is 2.10 bits per heavy atom. The summed E-state index contributed by atoms with van der Waals surface area (Å²) >= 11 is 5.97. The first-order chi connectivity index (χ1) is 14.0. The number of amides is 3. The Bertz CT molecular complexity index is 808. The predicted molar refractivity (Wildman–Crippen MR) is 108 cm³/mol. The van der Waals surface area contributed by atoms with Crippen LogP contribution in [-0.2, 0) is 20.7 Å². The largest absolute Gasteiger partial charge is 0.492 e. The number of halogens is 1. The fourth-order valence-electron chi connectivity index (χ4n) is 3.44. The van der Waals surface area contributed by atoms with Gasteiger partial charge in [0, 0.05) is 11.6 Å². The first kappa shape index (κ1) is 21.2. The lowest BCUT2D eigenvalue weighted by atomic mass is 9.97. The zero-order valence-corrected chi connectivity index (χ0v) is 16.9. The number of carbonyl (C=O) groups is 3. The molecule has 1 heterocycles. The molecule has 3 amide bonds. The molecular formula is C21H25ClN2O5. The number of benzene rings is 1. The van der Waals surface area contributed by atoms with Crippen molar-refractivity contribution >= 4 is 29.5 Å². The van der Waals surface area contributed by atoms with Gasteiger partial charge in [0.1, 0.15) is 12.4 Å². The molecule has 1 atom stereocenters. The molecule has 0 spiro atoms. The van der Waals surface area contributed by atoms with Crippen LogP contribution in [0.1, 0.15) is 37.7 Å². The molecule has 29 heavy (non-hydrogen) atoms. The SMILES string of the molecule is O=C(COC(=O)[C@@H]1COc2ccc(Cl)cc2C1)NC(=O)NCCC1=CCCCC1. The molecule has 0 unspecified atom stereocenters. The van der Waals surface area contributed by atoms with E-state index >= 15 is 0 Å². The zero-order valence-electron chi connectivity index (χ0n) is 16.2. The highest BCUT2D eigenvalue weighted by Gasteiger charge is 2.28. The van der Waals surface area contributed by atoms with Crippen LogP contribution < -0.4 is 15.4 Å². The number of imide groups is 1. The summed E-state index contributed by atoms with van der Waals surface area (Å²) in [6.07, 6.45) is 7.99. The standard InChI is InChI=1S/C21H25ClN2O5/c22-17-6-7-18-15(11-17)10-16(12-28-18)20(26)29-13-19(25)24-21(27)23-9-8-14-4-2-1-3-5-14/h4,6-7,11,16H,1-3,5,8-10,12-13H2,(H2,23,24,25,27)/t16-/m0/s1. The summed E-state index contributed by atoms with van der Waals surface area (Å²) in [6.45, 7) is 0.119. The van der Waals surface area contributed by atoms with Gasteiger partial charge >= 0.3 is 12.0 Å². The number of esters is 1. The van der Waals surface area contributed by atoms with Gasteiger partial charge in [0.25, 0.3) is 5.91 Å². The summed E-state index contributed by atoms with van der Waals surface area (Å²) < 4.78 is 10.6. The van der Waals surface area contributed by atoms with E-state index in [1.807, 2.05) is 0 Å². The number of urea groups is 1. The average Bonchev–Trinajstić information content (AvgIpc) is 2.72. The molecule has 2 N–H and O–H groups in total. The van der Waals surface area contributed by atoms with Gasteiger partial charge in [-0.25, -0.2) is 4.79 Å². The maximum absolute atomic E-state index is 12.2. The van der Waals surface area contributed by atoms with Crippen molar-refractivity contribution in [2.45, 2.75) is 38.5 Å². The van der Waals surface area contributed by atoms with Crippen molar-refractivity contribution in [3.05, 3.63) is 40.4 Å². The normalized spacial score (nSPS) is 18.0. The molecular weight excluding hydrogens is 396 g/mol. The lowest BCUT2D eigenvalue weighted by Crippen LogP contribution is -2.42. The van der Waals surface area contributed by atoms with Crippen LogP contribution in [0.2, 0.25) is 5.02 Å². The third-order valence-electron chi connectivity index (χ3n) is 4.98. The van der Waals surface area contributed by atoms with E-state index in [1.54, 1.807) is 18.2 Å². The Hall–Kier alpha value is -2.54. The minimum atomic E-state index is -0.673. The van der Waals surface area contributed by atoms with Gasteiger partial charge < -0.3 is 14.8 Å². The first-order valence-corrected chi connectivity index (χ1v) is 10.2. The van der Waals surface area contributed by atoms with Gasteiger partial charge in [-0.15, -0.1) is 0 Å². The smallest absolute Gasteiger partial charge is 0.321 e. The van der Waals surface area contributed by atoms with E-state index in [2.05, 4.69) is 16.7 Å². The molecule has 0 saturated heterocycles. The number of hydrogen-bond acceptors (Lipinski definition) is 5. The Kier molecular flexibility index (Phi) is 7.52. The Morgan fingerprint density at radius 1 is 1.24 bits per heavy atom. The molecule has 0 radical (unpaired) electrons. The van der Waals surface area contributed by atoms with Crippen molar-refractivity contribution in [2.75, 3.05) is 19.8 Å². The summed E-state index contributed by atoms with van der Waals surface area (Å²) in [5.41, 5.74) is 2.16. The molecule has 0 aromatic heterocycles. The van der Waals surface area contributed by atoms with Gasteiger partial charge in [-0.2, -0.15) is 0 Å². The van der Waals surface area contributed by atoms with Gasteiger partial charge in [0.15, 0.2) is 6.61 Å². The maximum atomic E-state index is 12.2. The topological polar surface area (TPSA) is 93.7 Å². The highest BCUT2D eigenvalue weighted by molar-refractivity contribution is 6.30. The van der Waals surface area contributed by atoms with E-state index in [0.717, 1.165) is 24.8 Å². The minimum Gasteiger partial charge on any atom is -0.492 e. The molecule has 1 aromatic carbocycles. The number of carbonyl (C=O) groups excluding carboxylic acids is 3. The molecule has 1 aliphatic carbocycles. The molecule has 3 rings (SSSR count). The first-order valence-electron chi connectivity index (χ1n) is 9.84. The Labute approximate surface area is 174 Å². The van der Waals surface area contributed by atoms with Crippen molar-refractivity contribution in [1.29, 1.82) is 0 Å².